The quantitative estimate of drug-likeness (QED) is 0.532. The van der Waals surface area contributed by atoms with Gasteiger partial charge in [0.05, 0.1) is 12.5 Å². The number of nitrogens with one attached hydrogen (secondary N) is 1. The first kappa shape index (κ1) is 8.52. The Bertz CT molecular complexity index is 284. The predicted molar refractivity (Wildman–Crippen MR) is 43.7 cm³/mol. The maximum absolute atomic E-state index is 11.0. The van der Waals surface area contributed by atoms with Gasteiger partial charge in [-0.15, -0.1) is 0 Å². The molecule has 0 aliphatic carbocycles. The molecule has 1 rings (SSSR count). The molecule has 0 fully saturated rings. The van der Waals surface area contributed by atoms with Crippen molar-refractivity contribution < 1.29 is 9.53 Å². The van der Waals surface area contributed by atoms with E-state index in [0.29, 0.717) is 5.88 Å². The van der Waals surface area contributed by atoms with Crippen LogP contribution in [0.1, 0.15) is 13.8 Å². The van der Waals surface area contributed by atoms with Crippen molar-refractivity contribution in [1.29, 1.82) is 0 Å². The van der Waals surface area contributed by atoms with Crippen molar-refractivity contribution in [3.63, 3.8) is 0 Å². The number of ether oxygens (including phenoxy) is 1. The Morgan fingerprint density at radius 2 is 2.42 bits per heavy atom. The van der Waals surface area contributed by atoms with Crippen LogP contribution < -0.4 is 4.74 Å². The van der Waals surface area contributed by atoms with E-state index in [4.69, 9.17) is 4.74 Å². The van der Waals surface area contributed by atoms with Crippen molar-refractivity contribution in [3.8, 4) is 5.88 Å². The van der Waals surface area contributed by atoms with Gasteiger partial charge < -0.3 is 9.72 Å². The predicted octanol–water partition coefficient (Wildman–Crippen LogP) is 1.28. The molecule has 0 aromatic carbocycles. The molecular formula is C8H10N2O2. The molecule has 0 bridgehead atoms. The van der Waals surface area contributed by atoms with Gasteiger partial charge in [-0.1, -0.05) is 5.57 Å². The average molecular weight is 166 g/mol. The summed E-state index contributed by atoms with van der Waals surface area (Å²) in [6.07, 6.45) is 4.31. The van der Waals surface area contributed by atoms with E-state index in [1.54, 1.807) is 0 Å². The molecule has 64 valence electrons. The summed E-state index contributed by atoms with van der Waals surface area (Å²) in [5.41, 5.74) is 0.902. The zero-order valence-electron chi connectivity index (χ0n) is 7.00. The van der Waals surface area contributed by atoms with Crippen LogP contribution in [0.15, 0.2) is 24.2 Å². The fraction of sp³-hybridized carbons (Fsp3) is 0.250. The minimum Gasteiger partial charge on any atom is -0.405 e. The monoisotopic (exact) mass is 166 g/mol. The lowest BCUT2D eigenvalue weighted by Gasteiger charge is -1.95. The minimum atomic E-state index is -0.390. The van der Waals surface area contributed by atoms with Crippen molar-refractivity contribution >= 4 is 5.97 Å². The molecule has 0 saturated carbocycles. The second-order valence-corrected chi connectivity index (χ2v) is 2.56. The summed E-state index contributed by atoms with van der Waals surface area (Å²) >= 11 is 0. The van der Waals surface area contributed by atoms with Gasteiger partial charge in [-0.3, -0.25) is 0 Å². The standard InChI is InChI=1S/C8H10N2O2/c1-6(2)3-8(11)12-7-4-9-5-10-7/h3-5H,1-2H3,(H,9,10). The van der Waals surface area contributed by atoms with Crippen molar-refractivity contribution in [1.82, 2.24) is 9.97 Å². The van der Waals surface area contributed by atoms with Gasteiger partial charge in [0.1, 0.15) is 0 Å². The molecule has 1 aromatic heterocycles. The van der Waals surface area contributed by atoms with Gasteiger partial charge in [-0.2, -0.15) is 0 Å². The second-order valence-electron chi connectivity index (χ2n) is 2.56. The molecule has 0 amide bonds. The zero-order valence-corrected chi connectivity index (χ0v) is 7.00. The smallest absolute Gasteiger partial charge is 0.337 e. The molecule has 0 radical (unpaired) electrons. The Kier molecular flexibility index (Phi) is 2.63. The molecule has 1 aromatic rings. The highest BCUT2D eigenvalue weighted by atomic mass is 16.5. The number of hydrogen-bond acceptors (Lipinski definition) is 3. The van der Waals surface area contributed by atoms with E-state index in [-0.39, 0.29) is 5.97 Å². The third kappa shape index (κ3) is 2.57. The number of aromatic nitrogens is 2. The number of imidazole rings is 1. The Hall–Kier alpha value is -1.58. The Morgan fingerprint density at radius 1 is 1.67 bits per heavy atom. The van der Waals surface area contributed by atoms with E-state index in [1.807, 2.05) is 13.8 Å². The first-order valence-corrected chi connectivity index (χ1v) is 3.53. The summed E-state index contributed by atoms with van der Waals surface area (Å²) in [5, 5.41) is 0. The fourth-order valence-corrected chi connectivity index (χ4v) is 0.672. The number of carbonyl (C=O) groups excluding carboxylic acids is 1. The van der Waals surface area contributed by atoms with Crippen LogP contribution in [0.3, 0.4) is 0 Å². The molecule has 1 N–H and O–H groups in total. The highest BCUT2D eigenvalue weighted by Gasteiger charge is 2.00. The topological polar surface area (TPSA) is 55.0 Å². The van der Waals surface area contributed by atoms with E-state index in [9.17, 15) is 4.79 Å². The summed E-state index contributed by atoms with van der Waals surface area (Å²) in [6, 6.07) is 0. The number of hydrogen-bond donors (Lipinski definition) is 1. The van der Waals surface area contributed by atoms with Gasteiger partial charge in [-0.25, -0.2) is 9.78 Å². The number of H-pyrrole nitrogens is 1. The lowest BCUT2D eigenvalue weighted by Crippen LogP contribution is -2.04. The normalized spacial score (nSPS) is 9.17. The zero-order chi connectivity index (χ0) is 8.97. The first-order chi connectivity index (χ1) is 5.68. The van der Waals surface area contributed by atoms with Crippen LogP contribution in [-0.2, 0) is 4.79 Å². The van der Waals surface area contributed by atoms with Crippen LogP contribution in [0.5, 0.6) is 5.88 Å². The lowest BCUT2D eigenvalue weighted by atomic mass is 10.3. The molecule has 0 spiro atoms. The number of allylic oxidation sites excluding steroid dienone is 1. The maximum atomic E-state index is 11.0. The third-order valence-corrected chi connectivity index (χ3v) is 1.09. The second kappa shape index (κ2) is 3.71. The van der Waals surface area contributed by atoms with Crippen LogP contribution in [0.25, 0.3) is 0 Å². The fourth-order valence-electron chi connectivity index (χ4n) is 0.672. The summed E-state index contributed by atoms with van der Waals surface area (Å²) in [5.74, 6) is -0.0308. The SMILES string of the molecule is CC(C)=CC(=O)Oc1cnc[nH]1. The molecule has 0 atom stereocenters. The Labute approximate surface area is 70.3 Å². The van der Waals surface area contributed by atoms with Gasteiger partial charge in [0, 0.05) is 6.08 Å². The molecular weight excluding hydrogens is 156 g/mol. The van der Waals surface area contributed by atoms with Gasteiger partial charge in [0.15, 0.2) is 0 Å². The number of carbonyl (C=O) groups is 1. The van der Waals surface area contributed by atoms with Gasteiger partial charge in [-0.05, 0) is 13.8 Å². The van der Waals surface area contributed by atoms with Crippen LogP contribution in [0, 0.1) is 0 Å². The highest BCUT2D eigenvalue weighted by Crippen LogP contribution is 2.02. The number of aromatic amines is 1. The maximum Gasteiger partial charge on any atom is 0.337 e. The molecule has 0 saturated heterocycles. The van der Waals surface area contributed by atoms with Crippen molar-refractivity contribution in [2.45, 2.75) is 13.8 Å². The molecule has 0 aliphatic rings. The minimum absolute atomic E-state index is 0.359. The lowest BCUT2D eigenvalue weighted by molar-refractivity contribution is -0.129. The van der Waals surface area contributed by atoms with Crippen LogP contribution in [-0.4, -0.2) is 15.9 Å². The van der Waals surface area contributed by atoms with Gasteiger partial charge in [0.2, 0.25) is 5.88 Å². The van der Waals surface area contributed by atoms with Crippen molar-refractivity contribution in [3.05, 3.63) is 24.2 Å². The molecule has 12 heavy (non-hydrogen) atoms. The average Bonchev–Trinajstić information content (AvgIpc) is 2.37. The molecule has 4 heteroatoms. The van der Waals surface area contributed by atoms with E-state index in [2.05, 4.69) is 9.97 Å². The van der Waals surface area contributed by atoms with Crippen molar-refractivity contribution in [2.75, 3.05) is 0 Å². The Balaban J connectivity index is 2.54. The summed E-state index contributed by atoms with van der Waals surface area (Å²) in [4.78, 5) is 17.3. The van der Waals surface area contributed by atoms with E-state index < -0.39 is 0 Å². The van der Waals surface area contributed by atoms with Crippen LogP contribution in [0.4, 0.5) is 0 Å². The van der Waals surface area contributed by atoms with Gasteiger partial charge in [0.25, 0.3) is 0 Å². The number of nitrogens with zero attached hydrogens (tertiary/aromatic N) is 1. The van der Waals surface area contributed by atoms with Gasteiger partial charge >= 0.3 is 5.97 Å². The summed E-state index contributed by atoms with van der Waals surface area (Å²) in [6.45, 7) is 3.66. The van der Waals surface area contributed by atoms with E-state index in [0.717, 1.165) is 5.57 Å². The van der Waals surface area contributed by atoms with E-state index >= 15 is 0 Å². The highest BCUT2D eigenvalue weighted by molar-refractivity contribution is 5.84. The van der Waals surface area contributed by atoms with E-state index in [1.165, 1.54) is 18.6 Å². The summed E-state index contributed by atoms with van der Waals surface area (Å²) in [7, 11) is 0. The summed E-state index contributed by atoms with van der Waals surface area (Å²) < 4.78 is 4.83. The largest absolute Gasteiger partial charge is 0.405 e. The molecule has 4 nitrogen and oxygen atoms in total. The van der Waals surface area contributed by atoms with Crippen LogP contribution in [0.2, 0.25) is 0 Å². The molecule has 0 unspecified atom stereocenters. The van der Waals surface area contributed by atoms with Crippen LogP contribution >= 0.6 is 0 Å². The Morgan fingerprint density at radius 3 is 2.92 bits per heavy atom. The third-order valence-electron chi connectivity index (χ3n) is 1.09. The first-order valence-electron chi connectivity index (χ1n) is 3.53. The number of esters is 1. The molecule has 1 heterocycles. The number of rotatable bonds is 2. The molecule has 0 aliphatic heterocycles. The van der Waals surface area contributed by atoms with Crippen molar-refractivity contribution in [2.24, 2.45) is 0 Å².